The number of ether oxygens (including phenoxy) is 1. The van der Waals surface area contributed by atoms with Gasteiger partial charge in [0, 0.05) is 11.6 Å². The van der Waals surface area contributed by atoms with Gasteiger partial charge in [-0.05, 0) is 43.1 Å². The summed E-state index contributed by atoms with van der Waals surface area (Å²) in [5.41, 5.74) is 1.19. The fourth-order valence-corrected chi connectivity index (χ4v) is 1.70. The molecule has 2 rings (SSSR count). The van der Waals surface area contributed by atoms with E-state index in [1.165, 1.54) is 12.0 Å². The lowest BCUT2D eigenvalue weighted by Gasteiger charge is -2.26. The molecule has 82 valence electrons. The monoisotopic (exact) mass is 225 g/mol. The maximum Gasteiger partial charge on any atom is 0.0716 e. The molecule has 0 aromatic heterocycles. The first-order chi connectivity index (χ1) is 7.34. The van der Waals surface area contributed by atoms with E-state index in [2.05, 4.69) is 5.32 Å². The molecular formula is C12H16ClNO. The molecule has 1 aromatic rings. The molecule has 0 atom stereocenters. The van der Waals surface area contributed by atoms with E-state index >= 15 is 0 Å². The second-order valence-corrected chi connectivity index (χ2v) is 4.43. The minimum Gasteiger partial charge on any atom is -0.377 e. The highest BCUT2D eigenvalue weighted by Crippen LogP contribution is 2.11. The van der Waals surface area contributed by atoms with E-state index < -0.39 is 0 Å². The third kappa shape index (κ3) is 3.49. The van der Waals surface area contributed by atoms with Crippen molar-refractivity contribution >= 4 is 11.6 Å². The standard InChI is InChI=1S/C12H16ClNO/c13-12-3-1-10(2-4-12)9-15-6-5-11-7-14-8-11/h1-4,11,14H,5-9H2. The SMILES string of the molecule is Clc1ccc(COCCC2CNC2)cc1. The van der Waals surface area contributed by atoms with Crippen LogP contribution in [0.3, 0.4) is 0 Å². The lowest BCUT2D eigenvalue weighted by molar-refractivity contribution is 0.0993. The second kappa shape index (κ2) is 5.50. The summed E-state index contributed by atoms with van der Waals surface area (Å²) in [5, 5.41) is 4.03. The smallest absolute Gasteiger partial charge is 0.0716 e. The summed E-state index contributed by atoms with van der Waals surface area (Å²) in [6.07, 6.45) is 1.17. The van der Waals surface area contributed by atoms with Crippen molar-refractivity contribution in [2.24, 2.45) is 5.92 Å². The summed E-state index contributed by atoms with van der Waals surface area (Å²) in [6.45, 7) is 3.86. The second-order valence-electron chi connectivity index (χ2n) is 3.99. The highest BCUT2D eigenvalue weighted by molar-refractivity contribution is 6.30. The molecular weight excluding hydrogens is 210 g/mol. The third-order valence-corrected chi connectivity index (χ3v) is 2.97. The topological polar surface area (TPSA) is 21.3 Å². The van der Waals surface area contributed by atoms with Crippen LogP contribution in [0.25, 0.3) is 0 Å². The molecule has 1 fully saturated rings. The molecule has 3 heteroatoms. The molecule has 1 aliphatic rings. The van der Waals surface area contributed by atoms with E-state index in [0.29, 0.717) is 6.61 Å². The van der Waals surface area contributed by atoms with Crippen LogP contribution < -0.4 is 5.32 Å². The molecule has 0 radical (unpaired) electrons. The number of nitrogens with one attached hydrogen (secondary N) is 1. The average molecular weight is 226 g/mol. The van der Waals surface area contributed by atoms with Gasteiger partial charge in [0.15, 0.2) is 0 Å². The van der Waals surface area contributed by atoms with E-state index in [9.17, 15) is 0 Å². The predicted molar refractivity (Wildman–Crippen MR) is 62.1 cm³/mol. The van der Waals surface area contributed by atoms with Crippen molar-refractivity contribution in [3.05, 3.63) is 34.9 Å². The van der Waals surface area contributed by atoms with Crippen LogP contribution in [0.4, 0.5) is 0 Å². The molecule has 1 aliphatic heterocycles. The van der Waals surface area contributed by atoms with Crippen LogP contribution in [-0.4, -0.2) is 19.7 Å². The van der Waals surface area contributed by atoms with Crippen molar-refractivity contribution in [2.45, 2.75) is 13.0 Å². The minimum atomic E-state index is 0.692. The van der Waals surface area contributed by atoms with Gasteiger partial charge in [-0.3, -0.25) is 0 Å². The number of hydrogen-bond donors (Lipinski definition) is 1. The van der Waals surface area contributed by atoms with Crippen LogP contribution in [0, 0.1) is 5.92 Å². The van der Waals surface area contributed by atoms with Crippen LogP contribution in [0.5, 0.6) is 0 Å². The average Bonchev–Trinajstić information content (AvgIpc) is 2.18. The number of benzene rings is 1. The normalized spacial score (nSPS) is 16.3. The number of rotatable bonds is 5. The summed E-state index contributed by atoms with van der Waals surface area (Å²) in [4.78, 5) is 0. The molecule has 0 amide bonds. The molecule has 0 unspecified atom stereocenters. The van der Waals surface area contributed by atoms with Gasteiger partial charge in [-0.25, -0.2) is 0 Å². The summed E-state index contributed by atoms with van der Waals surface area (Å²) in [6, 6.07) is 7.81. The Labute approximate surface area is 95.6 Å². The first-order valence-corrected chi connectivity index (χ1v) is 5.75. The minimum absolute atomic E-state index is 0.692. The Morgan fingerprint density at radius 3 is 2.60 bits per heavy atom. The van der Waals surface area contributed by atoms with Crippen molar-refractivity contribution in [3.8, 4) is 0 Å². The zero-order valence-corrected chi connectivity index (χ0v) is 9.46. The Hall–Kier alpha value is -0.570. The maximum absolute atomic E-state index is 5.79. The van der Waals surface area contributed by atoms with Gasteiger partial charge in [0.1, 0.15) is 0 Å². The Morgan fingerprint density at radius 2 is 2.00 bits per heavy atom. The van der Waals surface area contributed by atoms with Gasteiger partial charge in [-0.1, -0.05) is 23.7 Å². The molecule has 0 bridgehead atoms. The zero-order valence-electron chi connectivity index (χ0n) is 8.71. The number of hydrogen-bond acceptors (Lipinski definition) is 2. The van der Waals surface area contributed by atoms with Crippen molar-refractivity contribution in [2.75, 3.05) is 19.7 Å². The first kappa shape index (κ1) is 10.9. The van der Waals surface area contributed by atoms with Crippen molar-refractivity contribution < 1.29 is 4.74 Å². The first-order valence-electron chi connectivity index (χ1n) is 5.37. The predicted octanol–water partition coefficient (Wildman–Crippen LogP) is 2.47. The van der Waals surface area contributed by atoms with Crippen LogP contribution in [-0.2, 0) is 11.3 Å². The van der Waals surface area contributed by atoms with Crippen LogP contribution in [0.2, 0.25) is 5.02 Å². The Kier molecular flexibility index (Phi) is 4.01. The van der Waals surface area contributed by atoms with Crippen molar-refractivity contribution in [1.82, 2.24) is 5.32 Å². The van der Waals surface area contributed by atoms with E-state index in [-0.39, 0.29) is 0 Å². The lowest BCUT2D eigenvalue weighted by Crippen LogP contribution is -2.42. The molecule has 0 spiro atoms. The van der Waals surface area contributed by atoms with Crippen LogP contribution in [0.1, 0.15) is 12.0 Å². The highest BCUT2D eigenvalue weighted by Gasteiger charge is 2.15. The maximum atomic E-state index is 5.79. The molecule has 1 N–H and O–H groups in total. The van der Waals surface area contributed by atoms with Crippen molar-refractivity contribution in [3.63, 3.8) is 0 Å². The summed E-state index contributed by atoms with van der Waals surface area (Å²) in [5.74, 6) is 0.829. The van der Waals surface area contributed by atoms with E-state index in [1.54, 1.807) is 0 Å². The van der Waals surface area contributed by atoms with Gasteiger partial charge in [-0.2, -0.15) is 0 Å². The Bertz CT molecular complexity index is 295. The molecule has 1 aromatic carbocycles. The summed E-state index contributed by atoms with van der Waals surface area (Å²) in [7, 11) is 0. The van der Waals surface area contributed by atoms with Gasteiger partial charge < -0.3 is 10.1 Å². The summed E-state index contributed by atoms with van der Waals surface area (Å²) < 4.78 is 5.60. The van der Waals surface area contributed by atoms with E-state index in [1.807, 2.05) is 24.3 Å². The largest absolute Gasteiger partial charge is 0.377 e. The van der Waals surface area contributed by atoms with Gasteiger partial charge in [-0.15, -0.1) is 0 Å². The van der Waals surface area contributed by atoms with Crippen LogP contribution in [0.15, 0.2) is 24.3 Å². The van der Waals surface area contributed by atoms with Gasteiger partial charge >= 0.3 is 0 Å². The Morgan fingerprint density at radius 1 is 1.27 bits per heavy atom. The van der Waals surface area contributed by atoms with Crippen molar-refractivity contribution in [1.29, 1.82) is 0 Å². The van der Waals surface area contributed by atoms with E-state index in [4.69, 9.17) is 16.3 Å². The molecule has 0 saturated carbocycles. The highest BCUT2D eigenvalue weighted by atomic mass is 35.5. The molecule has 15 heavy (non-hydrogen) atoms. The Balaban J connectivity index is 1.62. The number of halogens is 1. The lowest BCUT2D eigenvalue weighted by atomic mass is 10.0. The fraction of sp³-hybridized carbons (Fsp3) is 0.500. The fourth-order valence-electron chi connectivity index (χ4n) is 1.57. The molecule has 1 heterocycles. The molecule has 1 saturated heterocycles. The third-order valence-electron chi connectivity index (χ3n) is 2.72. The van der Waals surface area contributed by atoms with Gasteiger partial charge in [0.05, 0.1) is 6.61 Å². The van der Waals surface area contributed by atoms with Crippen LogP contribution >= 0.6 is 11.6 Å². The van der Waals surface area contributed by atoms with E-state index in [0.717, 1.165) is 30.6 Å². The molecule has 2 nitrogen and oxygen atoms in total. The summed E-state index contributed by atoms with van der Waals surface area (Å²) >= 11 is 5.79. The zero-order chi connectivity index (χ0) is 10.5. The van der Waals surface area contributed by atoms with Gasteiger partial charge in [0.25, 0.3) is 0 Å². The van der Waals surface area contributed by atoms with Gasteiger partial charge in [0.2, 0.25) is 0 Å². The quantitative estimate of drug-likeness (QED) is 0.778. The molecule has 0 aliphatic carbocycles.